The number of hydrogen-bond donors (Lipinski definition) is 2. The van der Waals surface area contributed by atoms with Crippen LogP contribution in [0.1, 0.15) is 36.8 Å². The highest BCUT2D eigenvalue weighted by Crippen LogP contribution is 2.24. The molecular weight excluding hydrogens is 243 g/mol. The number of aliphatic hydroxyl groups is 1. The summed E-state index contributed by atoms with van der Waals surface area (Å²) in [6.07, 6.45) is 4.24. The molecule has 19 heavy (non-hydrogen) atoms. The summed E-state index contributed by atoms with van der Waals surface area (Å²) < 4.78 is 13.5. The van der Waals surface area contributed by atoms with Crippen molar-refractivity contribution in [3.05, 3.63) is 35.1 Å². The van der Waals surface area contributed by atoms with Crippen molar-refractivity contribution in [1.29, 1.82) is 0 Å². The highest BCUT2D eigenvalue weighted by atomic mass is 19.1. The minimum absolute atomic E-state index is 0.205. The van der Waals surface area contributed by atoms with Crippen LogP contribution in [-0.4, -0.2) is 29.2 Å². The Labute approximate surface area is 114 Å². The van der Waals surface area contributed by atoms with Crippen LogP contribution < -0.4 is 5.73 Å². The number of nitrogens with zero attached hydrogens (tertiary/aromatic N) is 1. The molecule has 1 fully saturated rings. The third-order valence-corrected chi connectivity index (χ3v) is 3.83. The summed E-state index contributed by atoms with van der Waals surface area (Å²) in [5, 5.41) is 8.93. The molecule has 1 aromatic carbocycles. The summed E-state index contributed by atoms with van der Waals surface area (Å²) >= 11 is 0. The lowest BCUT2D eigenvalue weighted by molar-refractivity contribution is 0.210. The maximum atomic E-state index is 13.5. The normalized spacial score (nSPS) is 20.1. The summed E-state index contributed by atoms with van der Waals surface area (Å²) in [7, 11) is 0. The third kappa shape index (κ3) is 4.00. The zero-order chi connectivity index (χ0) is 13.7. The second kappa shape index (κ2) is 6.98. The first-order valence-corrected chi connectivity index (χ1v) is 7.06. The minimum atomic E-state index is -0.205. The lowest BCUT2D eigenvalue weighted by atomic mass is 10.1. The summed E-state index contributed by atoms with van der Waals surface area (Å²) in [4.78, 5) is 2.39. The van der Waals surface area contributed by atoms with E-state index in [0.717, 1.165) is 37.1 Å². The van der Waals surface area contributed by atoms with Gasteiger partial charge in [0.05, 0.1) is 0 Å². The molecule has 1 unspecified atom stereocenters. The van der Waals surface area contributed by atoms with Crippen LogP contribution in [0.2, 0.25) is 0 Å². The van der Waals surface area contributed by atoms with Crippen LogP contribution in [-0.2, 0) is 13.1 Å². The van der Waals surface area contributed by atoms with E-state index in [1.54, 1.807) is 6.07 Å². The van der Waals surface area contributed by atoms with Gasteiger partial charge in [0, 0.05) is 25.7 Å². The van der Waals surface area contributed by atoms with Gasteiger partial charge in [-0.25, -0.2) is 4.39 Å². The van der Waals surface area contributed by atoms with Gasteiger partial charge in [0.15, 0.2) is 0 Å². The summed E-state index contributed by atoms with van der Waals surface area (Å²) in [5.74, 6) is -0.205. The molecule has 1 aromatic rings. The van der Waals surface area contributed by atoms with E-state index >= 15 is 0 Å². The zero-order valence-corrected chi connectivity index (χ0v) is 11.3. The molecule has 0 saturated carbocycles. The van der Waals surface area contributed by atoms with E-state index < -0.39 is 0 Å². The monoisotopic (exact) mass is 266 g/mol. The van der Waals surface area contributed by atoms with E-state index in [1.807, 2.05) is 6.07 Å². The van der Waals surface area contributed by atoms with Crippen LogP contribution in [0.3, 0.4) is 0 Å². The summed E-state index contributed by atoms with van der Waals surface area (Å²) in [6, 6.07) is 5.61. The van der Waals surface area contributed by atoms with Crippen LogP contribution in [0.5, 0.6) is 0 Å². The van der Waals surface area contributed by atoms with Gasteiger partial charge in [0.2, 0.25) is 0 Å². The van der Waals surface area contributed by atoms with Gasteiger partial charge in [-0.1, -0.05) is 6.07 Å². The molecule has 106 valence electrons. The van der Waals surface area contributed by atoms with Crippen LogP contribution in [0.4, 0.5) is 4.39 Å². The third-order valence-electron chi connectivity index (χ3n) is 3.83. The van der Waals surface area contributed by atoms with E-state index in [1.165, 1.54) is 18.9 Å². The van der Waals surface area contributed by atoms with E-state index in [4.69, 9.17) is 10.8 Å². The number of likely N-dealkylation sites (tertiary alicyclic amines) is 1. The summed E-state index contributed by atoms with van der Waals surface area (Å²) in [5.41, 5.74) is 7.43. The zero-order valence-electron chi connectivity index (χ0n) is 11.3. The SMILES string of the molecule is NCc1cc(F)cc(CN2CCCC2CCCO)c1. The molecule has 0 amide bonds. The van der Waals surface area contributed by atoms with Gasteiger partial charge in [0.25, 0.3) is 0 Å². The molecule has 1 saturated heterocycles. The van der Waals surface area contributed by atoms with Crippen molar-refractivity contribution in [2.75, 3.05) is 13.2 Å². The number of rotatable bonds is 6. The van der Waals surface area contributed by atoms with Crippen LogP contribution in [0.15, 0.2) is 18.2 Å². The quantitative estimate of drug-likeness (QED) is 0.828. The van der Waals surface area contributed by atoms with Crippen LogP contribution >= 0.6 is 0 Å². The summed E-state index contributed by atoms with van der Waals surface area (Å²) in [6.45, 7) is 2.46. The molecular formula is C15H23FN2O. The first-order valence-electron chi connectivity index (χ1n) is 7.06. The Morgan fingerprint density at radius 2 is 2.11 bits per heavy atom. The van der Waals surface area contributed by atoms with Crippen LogP contribution in [0.25, 0.3) is 0 Å². The second-order valence-electron chi connectivity index (χ2n) is 5.30. The topological polar surface area (TPSA) is 49.5 Å². The smallest absolute Gasteiger partial charge is 0.123 e. The lowest BCUT2D eigenvalue weighted by Crippen LogP contribution is -2.29. The Hall–Kier alpha value is -0.970. The fourth-order valence-corrected chi connectivity index (χ4v) is 2.92. The van der Waals surface area contributed by atoms with E-state index in [-0.39, 0.29) is 12.4 Å². The van der Waals surface area contributed by atoms with Crippen molar-refractivity contribution < 1.29 is 9.50 Å². The van der Waals surface area contributed by atoms with Crippen molar-refractivity contribution in [2.24, 2.45) is 5.73 Å². The van der Waals surface area contributed by atoms with Gasteiger partial charge in [-0.2, -0.15) is 0 Å². The molecule has 1 heterocycles. The van der Waals surface area contributed by atoms with E-state index in [0.29, 0.717) is 12.6 Å². The second-order valence-corrected chi connectivity index (χ2v) is 5.30. The first kappa shape index (κ1) is 14.4. The molecule has 0 radical (unpaired) electrons. The van der Waals surface area contributed by atoms with Gasteiger partial charge in [-0.05, 0) is 55.5 Å². The molecule has 0 bridgehead atoms. The van der Waals surface area contributed by atoms with Gasteiger partial charge in [-0.3, -0.25) is 4.90 Å². The van der Waals surface area contributed by atoms with E-state index in [9.17, 15) is 4.39 Å². The average molecular weight is 266 g/mol. The lowest BCUT2D eigenvalue weighted by Gasteiger charge is -2.24. The molecule has 3 N–H and O–H groups in total. The first-order chi connectivity index (χ1) is 9.22. The Morgan fingerprint density at radius 3 is 2.84 bits per heavy atom. The maximum Gasteiger partial charge on any atom is 0.123 e. The number of nitrogens with two attached hydrogens (primary N) is 1. The Bertz CT molecular complexity index is 411. The van der Waals surface area contributed by atoms with Gasteiger partial charge in [0.1, 0.15) is 5.82 Å². The van der Waals surface area contributed by atoms with Gasteiger partial charge >= 0.3 is 0 Å². The molecule has 0 spiro atoms. The molecule has 2 rings (SSSR count). The van der Waals surface area contributed by atoms with Crippen molar-refractivity contribution in [3.63, 3.8) is 0 Å². The minimum Gasteiger partial charge on any atom is -0.396 e. The van der Waals surface area contributed by atoms with E-state index in [2.05, 4.69) is 4.90 Å². The molecule has 1 atom stereocenters. The number of halogens is 1. The fourth-order valence-electron chi connectivity index (χ4n) is 2.92. The highest BCUT2D eigenvalue weighted by Gasteiger charge is 2.23. The molecule has 4 heteroatoms. The van der Waals surface area contributed by atoms with Crippen molar-refractivity contribution in [3.8, 4) is 0 Å². The van der Waals surface area contributed by atoms with Gasteiger partial charge in [-0.15, -0.1) is 0 Å². The number of benzene rings is 1. The largest absolute Gasteiger partial charge is 0.396 e. The Morgan fingerprint density at radius 1 is 1.32 bits per heavy atom. The molecule has 0 aromatic heterocycles. The predicted octanol–water partition coefficient (Wildman–Crippen LogP) is 2.02. The van der Waals surface area contributed by atoms with Gasteiger partial charge < -0.3 is 10.8 Å². The molecule has 3 nitrogen and oxygen atoms in total. The number of aliphatic hydroxyl groups excluding tert-OH is 1. The Balaban J connectivity index is 2.01. The maximum absolute atomic E-state index is 13.5. The molecule has 1 aliphatic rings. The Kier molecular flexibility index (Phi) is 5.31. The molecule has 0 aliphatic carbocycles. The highest BCUT2D eigenvalue weighted by molar-refractivity contribution is 5.24. The average Bonchev–Trinajstić information content (AvgIpc) is 2.83. The van der Waals surface area contributed by atoms with Crippen LogP contribution in [0, 0.1) is 5.82 Å². The van der Waals surface area contributed by atoms with Crippen molar-refractivity contribution in [1.82, 2.24) is 4.90 Å². The number of hydrogen-bond acceptors (Lipinski definition) is 3. The standard InChI is InChI=1S/C15H23FN2O/c16-14-8-12(10-17)7-13(9-14)11-18-5-1-3-15(18)4-2-6-19/h7-9,15,19H,1-6,10-11,17H2. The fraction of sp³-hybridized carbons (Fsp3) is 0.600. The van der Waals surface area contributed by atoms with Crippen molar-refractivity contribution in [2.45, 2.75) is 44.8 Å². The van der Waals surface area contributed by atoms with Crippen molar-refractivity contribution >= 4 is 0 Å². The molecule has 1 aliphatic heterocycles. The predicted molar refractivity (Wildman–Crippen MR) is 74.0 cm³/mol.